The lowest BCUT2D eigenvalue weighted by atomic mass is 10.2. The van der Waals surface area contributed by atoms with Crippen LogP contribution in [0.5, 0.6) is 0 Å². The molecular formula is C10H8N4S2. The largest absolute Gasteiger partial charge is 0.246 e. The van der Waals surface area contributed by atoms with E-state index in [1.54, 1.807) is 24.0 Å². The summed E-state index contributed by atoms with van der Waals surface area (Å²) in [7, 11) is 0. The van der Waals surface area contributed by atoms with E-state index < -0.39 is 0 Å². The average molecular weight is 248 g/mol. The molecule has 0 aliphatic heterocycles. The molecule has 4 nitrogen and oxygen atoms in total. The Morgan fingerprint density at radius 1 is 1.56 bits per heavy atom. The highest BCUT2D eigenvalue weighted by Crippen LogP contribution is 2.24. The highest BCUT2D eigenvalue weighted by molar-refractivity contribution is 8.00. The molecule has 2 aromatic heterocycles. The second kappa shape index (κ2) is 5.05. The molecule has 80 valence electrons. The van der Waals surface area contributed by atoms with Crippen molar-refractivity contribution in [2.24, 2.45) is 0 Å². The quantitative estimate of drug-likeness (QED) is 0.780. The summed E-state index contributed by atoms with van der Waals surface area (Å²) in [4.78, 5) is 8.18. The fraction of sp³-hybridized carbons (Fsp3) is 0.200. The van der Waals surface area contributed by atoms with Gasteiger partial charge in [-0.2, -0.15) is 9.64 Å². The van der Waals surface area contributed by atoms with E-state index in [9.17, 15) is 0 Å². The molecule has 2 aromatic rings. The van der Waals surface area contributed by atoms with Crippen LogP contribution in [0.1, 0.15) is 17.1 Å². The van der Waals surface area contributed by atoms with Crippen molar-refractivity contribution in [3.8, 4) is 6.07 Å². The monoisotopic (exact) mass is 248 g/mol. The zero-order valence-corrected chi connectivity index (χ0v) is 10.2. The minimum Gasteiger partial charge on any atom is -0.246 e. The molecule has 0 aliphatic carbocycles. The molecule has 0 saturated carbocycles. The summed E-state index contributed by atoms with van der Waals surface area (Å²) in [5.74, 6) is 1.59. The maximum absolute atomic E-state index is 8.71. The maximum Gasteiger partial charge on any atom is 0.170 e. The number of hydrogen-bond acceptors (Lipinski definition) is 6. The normalized spacial score (nSPS) is 10.0. The van der Waals surface area contributed by atoms with E-state index in [-0.39, 0.29) is 0 Å². The fourth-order valence-corrected chi connectivity index (χ4v) is 2.70. The molecule has 0 N–H and O–H groups in total. The zero-order valence-electron chi connectivity index (χ0n) is 8.54. The number of hydrogen-bond donors (Lipinski definition) is 0. The summed E-state index contributed by atoms with van der Waals surface area (Å²) in [6.07, 6.45) is 1.65. The lowest BCUT2D eigenvalue weighted by Crippen LogP contribution is -1.86. The molecule has 0 amide bonds. The third kappa shape index (κ3) is 2.78. The molecule has 0 atom stereocenters. The Kier molecular flexibility index (Phi) is 3.49. The maximum atomic E-state index is 8.71. The average Bonchev–Trinajstić information content (AvgIpc) is 2.73. The number of pyridine rings is 1. The SMILES string of the molecule is Cc1nsc(SCc2ccnc(C#N)c2)n1. The number of nitriles is 1. The van der Waals surface area contributed by atoms with Crippen LogP contribution in [-0.4, -0.2) is 14.3 Å². The highest BCUT2D eigenvalue weighted by Gasteiger charge is 2.02. The van der Waals surface area contributed by atoms with Crippen LogP contribution in [0, 0.1) is 18.3 Å². The van der Waals surface area contributed by atoms with Crippen LogP contribution in [0.3, 0.4) is 0 Å². The summed E-state index contributed by atoms with van der Waals surface area (Å²) < 4.78 is 5.06. The molecule has 16 heavy (non-hydrogen) atoms. The first-order valence-electron chi connectivity index (χ1n) is 4.56. The Bertz CT molecular complexity index is 530. The second-order valence-corrected chi connectivity index (χ2v) is 5.03. The summed E-state index contributed by atoms with van der Waals surface area (Å²) in [5.41, 5.74) is 1.52. The van der Waals surface area contributed by atoms with Crippen molar-refractivity contribution in [3.05, 3.63) is 35.4 Å². The first-order valence-corrected chi connectivity index (χ1v) is 6.32. The number of nitrogens with zero attached hydrogens (tertiary/aromatic N) is 4. The standard InChI is InChI=1S/C10H8N4S2/c1-7-13-10(16-14-7)15-6-8-2-3-12-9(4-8)5-11/h2-4H,6H2,1H3. The smallest absolute Gasteiger partial charge is 0.170 e. The van der Waals surface area contributed by atoms with E-state index in [0.717, 1.165) is 21.5 Å². The molecule has 0 unspecified atom stereocenters. The molecule has 0 spiro atoms. The van der Waals surface area contributed by atoms with Gasteiger partial charge in [0, 0.05) is 11.9 Å². The molecule has 6 heteroatoms. The van der Waals surface area contributed by atoms with Gasteiger partial charge in [-0.1, -0.05) is 11.8 Å². The van der Waals surface area contributed by atoms with Crippen LogP contribution in [0.2, 0.25) is 0 Å². The summed E-state index contributed by atoms with van der Waals surface area (Å²) in [5, 5.41) is 8.71. The van der Waals surface area contributed by atoms with Gasteiger partial charge < -0.3 is 0 Å². The molecule has 2 heterocycles. The molecule has 0 bridgehead atoms. The Hall–Kier alpha value is -1.45. The van der Waals surface area contributed by atoms with Gasteiger partial charge in [-0.05, 0) is 36.2 Å². The van der Waals surface area contributed by atoms with E-state index in [1.165, 1.54) is 11.5 Å². The van der Waals surface area contributed by atoms with Crippen molar-refractivity contribution >= 4 is 23.3 Å². The number of thioether (sulfide) groups is 1. The van der Waals surface area contributed by atoms with Gasteiger partial charge in [0.2, 0.25) is 0 Å². The number of aromatic nitrogens is 3. The van der Waals surface area contributed by atoms with Crippen LogP contribution in [0.15, 0.2) is 22.7 Å². The van der Waals surface area contributed by atoms with E-state index >= 15 is 0 Å². The van der Waals surface area contributed by atoms with Gasteiger partial charge in [0.05, 0.1) is 0 Å². The van der Waals surface area contributed by atoms with E-state index in [2.05, 4.69) is 14.3 Å². The van der Waals surface area contributed by atoms with Crippen LogP contribution in [0.4, 0.5) is 0 Å². The molecule has 0 aromatic carbocycles. The predicted octanol–water partition coefficient (Wildman–Crippen LogP) is 2.41. The van der Waals surface area contributed by atoms with Gasteiger partial charge in [-0.3, -0.25) is 0 Å². The third-order valence-electron chi connectivity index (χ3n) is 1.81. The lowest BCUT2D eigenvalue weighted by Gasteiger charge is -1.98. The first kappa shape index (κ1) is 11.0. The number of rotatable bonds is 3. The Morgan fingerprint density at radius 2 is 2.44 bits per heavy atom. The fourth-order valence-electron chi connectivity index (χ4n) is 1.11. The lowest BCUT2D eigenvalue weighted by molar-refractivity contribution is 1.10. The Labute approximate surface area is 102 Å². The molecule has 2 rings (SSSR count). The summed E-state index contributed by atoms with van der Waals surface area (Å²) in [6.45, 7) is 1.88. The van der Waals surface area contributed by atoms with Gasteiger partial charge in [-0.15, -0.1) is 0 Å². The molecular weight excluding hydrogens is 240 g/mol. The van der Waals surface area contributed by atoms with Crippen LogP contribution >= 0.6 is 23.3 Å². The zero-order chi connectivity index (χ0) is 11.4. The Morgan fingerprint density at radius 3 is 3.12 bits per heavy atom. The van der Waals surface area contributed by atoms with Crippen molar-refractivity contribution in [2.75, 3.05) is 0 Å². The molecule has 0 aliphatic rings. The van der Waals surface area contributed by atoms with Gasteiger partial charge in [0.1, 0.15) is 17.6 Å². The summed E-state index contributed by atoms with van der Waals surface area (Å²) >= 11 is 3.02. The van der Waals surface area contributed by atoms with Crippen molar-refractivity contribution in [3.63, 3.8) is 0 Å². The molecule has 0 fully saturated rings. The number of aryl methyl sites for hydroxylation is 1. The van der Waals surface area contributed by atoms with Gasteiger partial charge in [-0.25, -0.2) is 9.97 Å². The highest BCUT2D eigenvalue weighted by atomic mass is 32.2. The van der Waals surface area contributed by atoms with Crippen molar-refractivity contribution in [1.82, 2.24) is 14.3 Å². The minimum absolute atomic E-state index is 0.451. The van der Waals surface area contributed by atoms with Crippen molar-refractivity contribution in [1.29, 1.82) is 5.26 Å². The van der Waals surface area contributed by atoms with Crippen LogP contribution in [-0.2, 0) is 5.75 Å². The van der Waals surface area contributed by atoms with Crippen molar-refractivity contribution in [2.45, 2.75) is 17.0 Å². The van der Waals surface area contributed by atoms with Gasteiger partial charge in [0.25, 0.3) is 0 Å². The van der Waals surface area contributed by atoms with E-state index in [1.807, 2.05) is 19.1 Å². The Balaban J connectivity index is 2.02. The molecule has 0 radical (unpaired) electrons. The van der Waals surface area contributed by atoms with E-state index in [4.69, 9.17) is 5.26 Å². The molecule has 0 saturated heterocycles. The van der Waals surface area contributed by atoms with Gasteiger partial charge >= 0.3 is 0 Å². The minimum atomic E-state index is 0.451. The third-order valence-corrected chi connectivity index (χ3v) is 3.81. The van der Waals surface area contributed by atoms with Crippen LogP contribution < -0.4 is 0 Å². The van der Waals surface area contributed by atoms with E-state index in [0.29, 0.717) is 5.69 Å². The second-order valence-electron chi connectivity index (χ2n) is 3.06. The topological polar surface area (TPSA) is 62.5 Å². The summed E-state index contributed by atoms with van der Waals surface area (Å²) in [6, 6.07) is 5.72. The van der Waals surface area contributed by atoms with Gasteiger partial charge in [0.15, 0.2) is 4.34 Å². The van der Waals surface area contributed by atoms with Crippen LogP contribution in [0.25, 0.3) is 0 Å². The van der Waals surface area contributed by atoms with Crippen molar-refractivity contribution < 1.29 is 0 Å². The first-order chi connectivity index (χ1) is 7.78. The predicted molar refractivity (Wildman–Crippen MR) is 63.2 cm³/mol.